The van der Waals surface area contributed by atoms with Crippen LogP contribution in [0, 0.1) is 0 Å². The second-order valence-electron chi connectivity index (χ2n) is 8.38. The molecule has 1 atom stereocenters. The highest BCUT2D eigenvalue weighted by Gasteiger charge is 2.30. The maximum atomic E-state index is 12.8. The van der Waals surface area contributed by atoms with Crippen molar-refractivity contribution in [3.8, 4) is 0 Å². The Morgan fingerprint density at radius 1 is 1.24 bits per heavy atom. The number of amides is 1. The van der Waals surface area contributed by atoms with Crippen molar-refractivity contribution >= 4 is 5.91 Å². The summed E-state index contributed by atoms with van der Waals surface area (Å²) in [6.45, 7) is 6.51. The molecule has 1 saturated heterocycles. The van der Waals surface area contributed by atoms with Crippen LogP contribution in [0.1, 0.15) is 53.7 Å². The lowest BCUT2D eigenvalue weighted by Crippen LogP contribution is -2.48. The molecule has 1 aromatic carbocycles. The number of carbonyl (C=O) groups excluding carboxylic acids is 1. The van der Waals surface area contributed by atoms with E-state index in [1.54, 1.807) is 0 Å². The maximum absolute atomic E-state index is 12.8. The lowest BCUT2D eigenvalue weighted by molar-refractivity contribution is -0.137. The Labute approximate surface area is 191 Å². The van der Waals surface area contributed by atoms with Crippen molar-refractivity contribution in [2.45, 2.75) is 51.6 Å². The van der Waals surface area contributed by atoms with E-state index in [0.717, 1.165) is 57.6 Å². The third-order valence-corrected chi connectivity index (χ3v) is 5.68. The Morgan fingerprint density at radius 2 is 1.97 bits per heavy atom. The molecule has 1 fully saturated rings. The second kappa shape index (κ2) is 11.6. The Balaban J connectivity index is 1.43. The van der Waals surface area contributed by atoms with Crippen molar-refractivity contribution in [3.63, 3.8) is 0 Å². The highest BCUT2D eigenvalue weighted by Crippen LogP contribution is 2.29. The van der Waals surface area contributed by atoms with Gasteiger partial charge < -0.3 is 14.8 Å². The molecule has 182 valence electrons. The van der Waals surface area contributed by atoms with Gasteiger partial charge in [0, 0.05) is 39.3 Å². The molecule has 1 amide bonds. The van der Waals surface area contributed by atoms with Gasteiger partial charge in [-0.25, -0.2) is 4.98 Å². The second-order valence-corrected chi connectivity index (χ2v) is 8.38. The number of hydrogen-bond acceptors (Lipinski definition) is 6. The van der Waals surface area contributed by atoms with Gasteiger partial charge in [-0.2, -0.15) is 13.2 Å². The lowest BCUT2D eigenvalue weighted by Gasteiger charge is -2.35. The number of rotatable bonds is 10. The molecular weight excluding hydrogens is 437 g/mol. The molecule has 0 aliphatic carbocycles. The number of aliphatic hydroxyl groups excluding tert-OH is 1. The standard InChI is InChI=1S/C23H31F3N4O3/c1-2-3-7-19(31)14-29-8-10-30(11-9-29)15-21-28-20(16-33-21)22(32)27-13-17-5-4-6-18(12-17)23(24,25)26/h4-6,12,16,19,31H,2-3,7-11,13-15H2,1H3,(H,27,32)/t19-/m1/s1. The van der Waals surface area contributed by atoms with Gasteiger partial charge in [0.15, 0.2) is 5.69 Å². The molecule has 0 radical (unpaired) electrons. The number of carbonyl (C=O) groups is 1. The summed E-state index contributed by atoms with van der Waals surface area (Å²) in [5, 5.41) is 12.7. The molecule has 7 nitrogen and oxygen atoms in total. The van der Waals surface area contributed by atoms with Crippen LogP contribution in [-0.2, 0) is 19.3 Å². The SMILES string of the molecule is CCCC[C@@H](O)CN1CCN(Cc2nc(C(=O)NCc3cccc(C(F)(F)F)c3)co2)CC1. The minimum absolute atomic E-state index is 0.0446. The lowest BCUT2D eigenvalue weighted by atomic mass is 10.1. The Kier molecular flexibility index (Phi) is 8.87. The maximum Gasteiger partial charge on any atom is 0.416 e. The molecule has 2 N–H and O–H groups in total. The summed E-state index contributed by atoms with van der Waals surface area (Å²) in [6, 6.07) is 4.83. The van der Waals surface area contributed by atoms with Crippen molar-refractivity contribution in [1.29, 1.82) is 0 Å². The molecule has 1 aliphatic rings. The highest BCUT2D eigenvalue weighted by molar-refractivity contribution is 5.91. The monoisotopic (exact) mass is 468 g/mol. The predicted octanol–water partition coefficient (Wildman–Crippen LogP) is 3.29. The molecule has 2 aromatic rings. The Morgan fingerprint density at radius 3 is 2.67 bits per heavy atom. The molecule has 33 heavy (non-hydrogen) atoms. The zero-order chi connectivity index (χ0) is 23.8. The first-order chi connectivity index (χ1) is 15.7. The van der Waals surface area contributed by atoms with E-state index in [0.29, 0.717) is 24.5 Å². The average molecular weight is 469 g/mol. The molecule has 0 unspecified atom stereocenters. The van der Waals surface area contributed by atoms with Crippen molar-refractivity contribution in [3.05, 3.63) is 53.2 Å². The van der Waals surface area contributed by atoms with E-state index in [2.05, 4.69) is 27.0 Å². The first-order valence-electron chi connectivity index (χ1n) is 11.3. The quantitative estimate of drug-likeness (QED) is 0.557. The summed E-state index contributed by atoms with van der Waals surface area (Å²) in [5.74, 6) is -0.0936. The van der Waals surface area contributed by atoms with E-state index < -0.39 is 17.6 Å². The summed E-state index contributed by atoms with van der Waals surface area (Å²) in [6.07, 6.45) is -0.530. The largest absolute Gasteiger partial charge is 0.447 e. The van der Waals surface area contributed by atoms with E-state index in [-0.39, 0.29) is 18.3 Å². The van der Waals surface area contributed by atoms with Gasteiger partial charge in [-0.1, -0.05) is 31.9 Å². The number of hydrogen-bond donors (Lipinski definition) is 2. The molecule has 0 saturated carbocycles. The number of β-amino-alcohol motifs (C(OH)–C–C–N with tert-alkyl or cyclic N) is 1. The summed E-state index contributed by atoms with van der Waals surface area (Å²) in [5.41, 5.74) is -0.317. The number of unbranched alkanes of at least 4 members (excludes halogenated alkanes) is 1. The molecule has 3 rings (SSSR count). The Bertz CT molecular complexity index is 895. The topological polar surface area (TPSA) is 81.8 Å². The third kappa shape index (κ3) is 7.83. The van der Waals surface area contributed by atoms with Crippen molar-refractivity contribution in [2.24, 2.45) is 0 Å². The van der Waals surface area contributed by atoms with Crippen molar-refractivity contribution < 1.29 is 27.5 Å². The van der Waals surface area contributed by atoms with Crippen LogP contribution in [0.5, 0.6) is 0 Å². The summed E-state index contributed by atoms with van der Waals surface area (Å²) >= 11 is 0. The number of nitrogens with one attached hydrogen (secondary N) is 1. The molecular formula is C23H31F3N4O3. The summed E-state index contributed by atoms with van der Waals surface area (Å²) < 4.78 is 43.9. The van der Waals surface area contributed by atoms with Crippen LogP contribution >= 0.6 is 0 Å². The minimum atomic E-state index is -4.43. The van der Waals surface area contributed by atoms with E-state index in [4.69, 9.17) is 4.42 Å². The predicted molar refractivity (Wildman–Crippen MR) is 116 cm³/mol. The minimum Gasteiger partial charge on any atom is -0.447 e. The van der Waals surface area contributed by atoms with Gasteiger partial charge in [-0.3, -0.25) is 14.6 Å². The van der Waals surface area contributed by atoms with Gasteiger partial charge in [0.1, 0.15) is 6.26 Å². The zero-order valence-electron chi connectivity index (χ0n) is 18.8. The first kappa shape index (κ1) is 25.2. The highest BCUT2D eigenvalue weighted by atomic mass is 19.4. The van der Waals surface area contributed by atoms with Gasteiger partial charge in [0.2, 0.25) is 5.89 Å². The Hall–Kier alpha value is -2.43. The first-order valence-corrected chi connectivity index (χ1v) is 11.3. The fourth-order valence-electron chi connectivity index (χ4n) is 3.77. The van der Waals surface area contributed by atoms with Crippen LogP contribution in [0.25, 0.3) is 0 Å². The number of piperazine rings is 1. The number of aliphatic hydroxyl groups is 1. The van der Waals surface area contributed by atoms with Crippen LogP contribution in [0.3, 0.4) is 0 Å². The fraction of sp³-hybridized carbons (Fsp3) is 0.565. The number of halogens is 3. The smallest absolute Gasteiger partial charge is 0.416 e. The van der Waals surface area contributed by atoms with Gasteiger partial charge in [-0.15, -0.1) is 0 Å². The number of nitrogens with zero attached hydrogens (tertiary/aromatic N) is 3. The summed E-state index contributed by atoms with van der Waals surface area (Å²) in [7, 11) is 0. The van der Waals surface area contributed by atoms with E-state index >= 15 is 0 Å². The van der Waals surface area contributed by atoms with Crippen LogP contribution in [0.4, 0.5) is 13.2 Å². The van der Waals surface area contributed by atoms with E-state index in [9.17, 15) is 23.1 Å². The zero-order valence-corrected chi connectivity index (χ0v) is 18.8. The van der Waals surface area contributed by atoms with E-state index in [1.807, 2.05) is 0 Å². The van der Waals surface area contributed by atoms with Crippen molar-refractivity contribution in [2.75, 3.05) is 32.7 Å². The van der Waals surface area contributed by atoms with Gasteiger partial charge in [-0.05, 0) is 24.1 Å². The van der Waals surface area contributed by atoms with Crippen LogP contribution in [-0.4, -0.2) is 64.6 Å². The number of alkyl halides is 3. The van der Waals surface area contributed by atoms with Gasteiger partial charge in [0.05, 0.1) is 18.2 Å². The molecule has 10 heteroatoms. The molecule has 0 bridgehead atoms. The number of benzene rings is 1. The normalized spacial score (nSPS) is 16.6. The van der Waals surface area contributed by atoms with Crippen LogP contribution in [0.2, 0.25) is 0 Å². The number of aromatic nitrogens is 1. The van der Waals surface area contributed by atoms with Gasteiger partial charge >= 0.3 is 6.18 Å². The van der Waals surface area contributed by atoms with Crippen molar-refractivity contribution in [1.82, 2.24) is 20.1 Å². The molecule has 0 spiro atoms. The average Bonchev–Trinajstić information content (AvgIpc) is 3.25. The van der Waals surface area contributed by atoms with Crippen LogP contribution in [0.15, 0.2) is 34.9 Å². The fourth-order valence-corrected chi connectivity index (χ4v) is 3.77. The van der Waals surface area contributed by atoms with Crippen LogP contribution < -0.4 is 5.32 Å². The van der Waals surface area contributed by atoms with Gasteiger partial charge in [0.25, 0.3) is 5.91 Å². The van der Waals surface area contributed by atoms with E-state index in [1.165, 1.54) is 18.4 Å². The molecule has 1 aliphatic heterocycles. The number of oxazole rings is 1. The molecule has 1 aromatic heterocycles. The third-order valence-electron chi connectivity index (χ3n) is 5.68. The molecule has 2 heterocycles. The summed E-state index contributed by atoms with van der Waals surface area (Å²) in [4.78, 5) is 21.0.